The van der Waals surface area contributed by atoms with Gasteiger partial charge >= 0.3 is 0 Å². The van der Waals surface area contributed by atoms with Gasteiger partial charge in [0.1, 0.15) is 5.76 Å². The van der Waals surface area contributed by atoms with Crippen LogP contribution in [0, 0.1) is 12.8 Å². The summed E-state index contributed by atoms with van der Waals surface area (Å²) in [7, 11) is 0. The largest absolute Gasteiger partial charge is 0.467 e. The van der Waals surface area contributed by atoms with Gasteiger partial charge < -0.3 is 9.32 Å². The van der Waals surface area contributed by atoms with E-state index in [1.54, 1.807) is 29.4 Å². The van der Waals surface area contributed by atoms with E-state index in [1.165, 1.54) is 12.8 Å². The molecule has 0 radical (unpaired) electrons. The van der Waals surface area contributed by atoms with E-state index >= 15 is 0 Å². The fourth-order valence-corrected chi connectivity index (χ4v) is 4.68. The predicted octanol–water partition coefficient (Wildman–Crippen LogP) is 4.21. The van der Waals surface area contributed by atoms with E-state index in [1.807, 2.05) is 19.1 Å². The van der Waals surface area contributed by atoms with E-state index in [-0.39, 0.29) is 0 Å². The Bertz CT molecular complexity index is 834. The van der Waals surface area contributed by atoms with Crippen molar-refractivity contribution in [3.05, 3.63) is 40.2 Å². The van der Waals surface area contributed by atoms with E-state index in [9.17, 15) is 0 Å². The average molecular weight is 390 g/mol. The molecule has 0 bridgehead atoms. The predicted molar refractivity (Wildman–Crippen MR) is 105 cm³/mol. The Kier molecular flexibility index (Phi) is 5.31. The summed E-state index contributed by atoms with van der Waals surface area (Å²) in [5, 5.41) is 13.1. The molecule has 1 fully saturated rings. The number of hydrogen-bond acceptors (Lipinski definition) is 7. The summed E-state index contributed by atoms with van der Waals surface area (Å²) in [6.45, 7) is 7.08. The molecule has 4 heterocycles. The Morgan fingerprint density at radius 1 is 1.31 bits per heavy atom. The SMILES string of the molecule is Cc1nc(CSc2nnc(N3CCC(C)CC3)n2Cc2ccco2)cs1. The average Bonchev–Trinajstić information content (AvgIpc) is 3.37. The number of thioether (sulfide) groups is 1. The van der Waals surface area contributed by atoms with Crippen LogP contribution in [0.4, 0.5) is 5.95 Å². The number of nitrogens with zero attached hydrogens (tertiary/aromatic N) is 5. The van der Waals surface area contributed by atoms with Crippen molar-refractivity contribution in [3.63, 3.8) is 0 Å². The highest BCUT2D eigenvalue weighted by Gasteiger charge is 2.23. The first-order valence-corrected chi connectivity index (χ1v) is 10.8. The summed E-state index contributed by atoms with van der Waals surface area (Å²) in [6, 6.07) is 3.92. The van der Waals surface area contributed by atoms with Gasteiger partial charge in [-0.25, -0.2) is 4.98 Å². The molecule has 0 unspecified atom stereocenters. The second-order valence-electron chi connectivity index (χ2n) is 6.76. The summed E-state index contributed by atoms with van der Waals surface area (Å²) >= 11 is 3.37. The van der Waals surface area contributed by atoms with E-state index in [0.717, 1.165) is 52.3 Å². The summed E-state index contributed by atoms with van der Waals surface area (Å²) in [5.74, 6) is 3.46. The Balaban J connectivity index is 1.56. The first kappa shape index (κ1) is 17.6. The maximum atomic E-state index is 5.57. The molecule has 138 valence electrons. The molecule has 8 heteroatoms. The lowest BCUT2D eigenvalue weighted by atomic mass is 10.00. The monoisotopic (exact) mass is 389 g/mol. The Morgan fingerprint density at radius 2 is 2.15 bits per heavy atom. The third-order valence-corrected chi connectivity index (χ3v) is 6.50. The fraction of sp³-hybridized carbons (Fsp3) is 0.500. The molecule has 0 saturated carbocycles. The van der Waals surface area contributed by atoms with Gasteiger partial charge in [-0.3, -0.25) is 4.57 Å². The minimum atomic E-state index is 0.653. The Labute approximate surface area is 161 Å². The first-order valence-electron chi connectivity index (χ1n) is 8.93. The molecule has 0 atom stereocenters. The zero-order valence-corrected chi connectivity index (χ0v) is 16.7. The standard InChI is InChI=1S/C18H23N5OS2/c1-13-5-7-22(8-6-13)17-20-21-18(23(17)10-16-4-3-9-24-16)26-12-15-11-25-14(2)19-15/h3-4,9,11,13H,5-8,10,12H2,1-2H3. The number of rotatable bonds is 6. The van der Waals surface area contributed by atoms with Crippen molar-refractivity contribution in [2.75, 3.05) is 18.0 Å². The maximum Gasteiger partial charge on any atom is 0.228 e. The summed E-state index contributed by atoms with van der Waals surface area (Å²) in [5.41, 5.74) is 1.10. The molecule has 1 aliphatic rings. The van der Waals surface area contributed by atoms with Gasteiger partial charge in [0.05, 0.1) is 23.5 Å². The molecular weight excluding hydrogens is 366 g/mol. The quantitative estimate of drug-likeness (QED) is 0.589. The second kappa shape index (κ2) is 7.84. The van der Waals surface area contributed by atoms with Crippen molar-refractivity contribution < 1.29 is 4.42 Å². The Hall–Kier alpha value is -1.80. The van der Waals surface area contributed by atoms with Gasteiger partial charge in [0.25, 0.3) is 0 Å². The van der Waals surface area contributed by atoms with Crippen molar-refractivity contribution in [1.82, 2.24) is 19.7 Å². The topological polar surface area (TPSA) is 60.0 Å². The molecular formula is C18H23N5OS2. The van der Waals surface area contributed by atoms with Crippen LogP contribution in [0.3, 0.4) is 0 Å². The normalized spacial score (nSPS) is 15.7. The molecule has 3 aromatic heterocycles. The van der Waals surface area contributed by atoms with Crippen LogP contribution in [0.5, 0.6) is 0 Å². The van der Waals surface area contributed by atoms with E-state index < -0.39 is 0 Å². The molecule has 0 aliphatic carbocycles. The van der Waals surface area contributed by atoms with Gasteiger partial charge in [-0.05, 0) is 37.8 Å². The van der Waals surface area contributed by atoms with Crippen molar-refractivity contribution in [2.24, 2.45) is 5.92 Å². The lowest BCUT2D eigenvalue weighted by Gasteiger charge is -2.31. The second-order valence-corrected chi connectivity index (χ2v) is 8.77. The number of hydrogen-bond donors (Lipinski definition) is 0. The maximum absolute atomic E-state index is 5.57. The summed E-state index contributed by atoms with van der Waals surface area (Å²) in [6.07, 6.45) is 4.12. The highest BCUT2D eigenvalue weighted by Crippen LogP contribution is 2.29. The lowest BCUT2D eigenvalue weighted by Crippen LogP contribution is -2.35. The number of anilines is 1. The summed E-state index contributed by atoms with van der Waals surface area (Å²) in [4.78, 5) is 6.90. The van der Waals surface area contributed by atoms with Gasteiger partial charge in [0.2, 0.25) is 5.95 Å². The third-order valence-electron chi connectivity index (χ3n) is 4.67. The van der Waals surface area contributed by atoms with Crippen LogP contribution in [0.2, 0.25) is 0 Å². The third kappa shape index (κ3) is 3.96. The van der Waals surface area contributed by atoms with Crippen LogP contribution in [0.1, 0.15) is 36.2 Å². The highest BCUT2D eigenvalue weighted by atomic mass is 32.2. The molecule has 4 rings (SSSR count). The molecule has 1 saturated heterocycles. The number of aromatic nitrogens is 4. The molecule has 0 amide bonds. The van der Waals surface area contributed by atoms with Crippen molar-refractivity contribution in [2.45, 2.75) is 44.1 Å². The first-order chi connectivity index (χ1) is 12.7. The Morgan fingerprint density at radius 3 is 2.85 bits per heavy atom. The van der Waals surface area contributed by atoms with Gasteiger partial charge in [0.15, 0.2) is 5.16 Å². The van der Waals surface area contributed by atoms with E-state index in [2.05, 4.69) is 37.0 Å². The zero-order chi connectivity index (χ0) is 17.9. The number of piperidine rings is 1. The molecule has 3 aromatic rings. The lowest BCUT2D eigenvalue weighted by molar-refractivity contribution is 0.427. The van der Waals surface area contributed by atoms with Gasteiger partial charge in [0, 0.05) is 24.2 Å². The van der Waals surface area contributed by atoms with E-state index in [0.29, 0.717) is 6.54 Å². The molecule has 6 nitrogen and oxygen atoms in total. The molecule has 0 N–H and O–H groups in total. The zero-order valence-electron chi connectivity index (χ0n) is 15.1. The number of furan rings is 1. The summed E-state index contributed by atoms with van der Waals surface area (Å²) < 4.78 is 7.75. The minimum absolute atomic E-state index is 0.653. The molecule has 1 aliphatic heterocycles. The molecule has 0 spiro atoms. The van der Waals surface area contributed by atoms with Gasteiger partial charge in [-0.2, -0.15) is 0 Å². The van der Waals surface area contributed by atoms with Gasteiger partial charge in [-0.15, -0.1) is 21.5 Å². The number of aryl methyl sites for hydroxylation is 1. The number of thiazole rings is 1. The smallest absolute Gasteiger partial charge is 0.228 e. The van der Waals surface area contributed by atoms with E-state index in [4.69, 9.17) is 4.42 Å². The van der Waals surface area contributed by atoms with Crippen LogP contribution in [0.15, 0.2) is 33.3 Å². The molecule has 26 heavy (non-hydrogen) atoms. The molecule has 0 aromatic carbocycles. The van der Waals surface area contributed by atoms with Crippen LogP contribution in [0.25, 0.3) is 0 Å². The van der Waals surface area contributed by atoms with Crippen molar-refractivity contribution in [3.8, 4) is 0 Å². The van der Waals surface area contributed by atoms with Crippen LogP contribution < -0.4 is 4.90 Å². The van der Waals surface area contributed by atoms with Gasteiger partial charge in [-0.1, -0.05) is 18.7 Å². The minimum Gasteiger partial charge on any atom is -0.467 e. The van der Waals surface area contributed by atoms with Crippen LogP contribution in [-0.2, 0) is 12.3 Å². The van der Waals surface area contributed by atoms with Crippen molar-refractivity contribution >= 4 is 29.0 Å². The van der Waals surface area contributed by atoms with Crippen molar-refractivity contribution in [1.29, 1.82) is 0 Å². The van der Waals surface area contributed by atoms with Crippen LogP contribution in [-0.4, -0.2) is 32.8 Å². The van der Waals surface area contributed by atoms with Crippen LogP contribution >= 0.6 is 23.1 Å². The fourth-order valence-electron chi connectivity index (χ4n) is 3.14. The highest BCUT2D eigenvalue weighted by molar-refractivity contribution is 7.98.